The Balaban J connectivity index is -0.0000000191. The Kier molecular flexibility index (Phi) is 574. The van der Waals surface area contributed by atoms with Gasteiger partial charge in [0, 0.05) is 6.10 Å². The van der Waals surface area contributed by atoms with Gasteiger partial charge in [0.25, 0.3) is 0 Å². The zero-order chi connectivity index (χ0) is 67.9. The standard InChI is InChI=1S/3C8H10.3C5H12.C3H8O.2C2H6.6CH5N.9CH2O.3H3N/c3*1-2-8-6-4-3-5-7-8;3*1-4-5(2)3;1-3(2)4;17*1-2;;;/h3*3-7H,2H2,1H3;3*5H,4H2,1-3H3;3-4H,1-2H3;2*1-2H3;6*2H2,1H3;9*1H2;3*1H3. The number of benzene rings is 3. The third kappa shape index (κ3) is 400. The van der Waals surface area contributed by atoms with Gasteiger partial charge in [0.05, 0.1) is 0 Å². The van der Waals surface area contributed by atoms with Crippen molar-refractivity contribution in [3.63, 3.8) is 0 Å². The molecule has 0 fully saturated rings. The van der Waals surface area contributed by atoms with Crippen molar-refractivity contribution in [3.05, 3.63) is 108 Å². The van der Waals surface area contributed by atoms with Gasteiger partial charge in [-0.15, -0.1) is 0 Å². The predicted molar refractivity (Wildman–Crippen MR) is 363 cm³/mol. The smallest absolute Gasteiger partial charge is 0.106 e. The highest BCUT2D eigenvalue weighted by molar-refractivity contribution is 5.15. The molecule has 0 aliphatic heterocycles. The lowest BCUT2D eigenvalue weighted by atomic mass is 10.2. The quantitative estimate of drug-likeness (QED) is 0.110. The van der Waals surface area contributed by atoms with Crippen LogP contribution < -0.4 is 52.9 Å². The topological polar surface area (TPSA) is 435 Å². The number of carbonyl (C=O) groups is 9. The van der Waals surface area contributed by atoms with Gasteiger partial charge in [-0.25, -0.2) is 0 Å². The van der Waals surface area contributed by atoms with E-state index in [-0.39, 0.29) is 24.6 Å². The number of aliphatic hydroxyl groups excluding tert-OH is 1. The Hall–Kier alpha value is -5.71. The summed E-state index contributed by atoms with van der Waals surface area (Å²) in [5.41, 5.74) is 31.2. The molecule has 0 saturated heterocycles. The summed E-state index contributed by atoms with van der Waals surface area (Å²) >= 11 is 0. The van der Waals surface area contributed by atoms with Crippen LogP contribution in [0.1, 0.15) is 161 Å². The number of aliphatic hydroxyl groups is 1. The van der Waals surface area contributed by atoms with E-state index in [1.165, 1.54) is 78.2 Å². The molecule has 22 N–H and O–H groups in total. The van der Waals surface area contributed by atoms with Crippen molar-refractivity contribution in [3.8, 4) is 0 Å². The molecule has 0 aromatic heterocycles. The van der Waals surface area contributed by atoms with Crippen LogP contribution >= 0.6 is 0 Å². The van der Waals surface area contributed by atoms with Crippen molar-refractivity contribution >= 4 is 61.1 Å². The minimum Gasteiger partial charge on any atom is -0.394 e. The van der Waals surface area contributed by atoms with Crippen LogP contribution in [-0.4, -0.2) is 115 Å². The van der Waals surface area contributed by atoms with Crippen molar-refractivity contribution in [2.24, 2.45) is 52.2 Å². The largest absolute Gasteiger partial charge is 0.394 e. The molecule has 19 heteroatoms. The van der Waals surface area contributed by atoms with Gasteiger partial charge in [0.2, 0.25) is 0 Å². The molecule has 0 heterocycles. The Morgan fingerprint density at radius 3 is 0.400 bits per heavy atom. The predicted octanol–water partition coefficient (Wildman–Crippen LogP) is 11.6. The Morgan fingerprint density at radius 1 is 0.287 bits per heavy atom. The van der Waals surface area contributed by atoms with Crippen LogP contribution in [0.15, 0.2) is 91.0 Å². The maximum absolute atomic E-state index is 8.06. The highest BCUT2D eigenvalue weighted by atomic mass is 16.3. The van der Waals surface area contributed by atoms with E-state index in [1.54, 1.807) is 13.8 Å². The molecule has 3 aromatic rings. The lowest BCUT2D eigenvalue weighted by Gasteiger charge is -1.90. The molecule has 492 valence electrons. The number of rotatable bonds is 6. The van der Waals surface area contributed by atoms with Crippen molar-refractivity contribution in [2.75, 3.05) is 42.3 Å². The van der Waals surface area contributed by atoms with Gasteiger partial charge in [0.15, 0.2) is 0 Å². The number of aryl methyl sites for hydroxylation is 3. The third-order valence-electron chi connectivity index (χ3n) is 6.20. The second-order valence-corrected chi connectivity index (χ2v) is 12.0. The van der Waals surface area contributed by atoms with Crippen LogP contribution in [0.2, 0.25) is 0 Å². The Morgan fingerprint density at radius 2 is 0.362 bits per heavy atom. The zero-order valence-corrected chi connectivity index (χ0v) is 56.8. The SMILES string of the molecule is C=O.C=O.C=O.C=O.C=O.C=O.C=O.C=O.C=O.CC.CC.CC(C)O.CCC(C)C.CCC(C)C.CCC(C)C.CCc1ccccc1.CCc1ccccc1.CCc1ccccc1.CN.CN.CN.CN.CN.CN.N.N.N. The van der Waals surface area contributed by atoms with Gasteiger partial charge in [0.1, 0.15) is 61.1 Å². The number of hydrogen-bond acceptors (Lipinski definition) is 19. The molecule has 0 atom stereocenters. The lowest BCUT2D eigenvalue weighted by molar-refractivity contribution is -0.0987. The molecule has 3 aromatic carbocycles. The van der Waals surface area contributed by atoms with E-state index in [4.69, 9.17) is 48.3 Å². The van der Waals surface area contributed by atoms with E-state index in [1.807, 2.05) is 107 Å². The first kappa shape index (κ1) is 158. The van der Waals surface area contributed by atoms with Crippen LogP contribution in [0, 0.1) is 17.8 Å². The van der Waals surface area contributed by atoms with Crippen molar-refractivity contribution in [1.29, 1.82) is 0 Å². The molecule has 0 saturated carbocycles. The number of carbonyl (C=O) groups excluding carboxylic acids is 9. The summed E-state index contributed by atoms with van der Waals surface area (Å²) in [5, 5.41) is 8.06. The van der Waals surface area contributed by atoms with Crippen molar-refractivity contribution in [2.45, 2.75) is 169 Å². The van der Waals surface area contributed by atoms with E-state index >= 15 is 0 Å². The molecule has 0 amide bonds. The van der Waals surface area contributed by atoms with Crippen LogP contribution in [0.3, 0.4) is 0 Å². The molecule has 0 aliphatic rings. The summed E-state index contributed by atoms with van der Waals surface area (Å²) in [6.45, 7) is 55.9. The summed E-state index contributed by atoms with van der Waals surface area (Å²) < 4.78 is 0. The lowest BCUT2D eigenvalue weighted by Crippen LogP contribution is -1.85. The van der Waals surface area contributed by atoms with Gasteiger partial charge in [-0.1, -0.05) is 221 Å². The average molecular weight is 1160 g/mol. The summed E-state index contributed by atoms with van der Waals surface area (Å²) in [4.78, 5) is 72.0. The van der Waals surface area contributed by atoms with Crippen LogP contribution in [0.4, 0.5) is 0 Å². The summed E-state index contributed by atoms with van der Waals surface area (Å²) in [6, 6.07) is 31.4. The Labute approximate surface area is 497 Å². The van der Waals surface area contributed by atoms with Crippen LogP contribution in [0.25, 0.3) is 0 Å². The second-order valence-electron chi connectivity index (χ2n) is 12.0. The number of nitrogens with two attached hydrogens (primary N) is 6. The van der Waals surface area contributed by atoms with Crippen LogP contribution in [-0.2, 0) is 62.4 Å². The van der Waals surface area contributed by atoms with E-state index in [9.17, 15) is 0 Å². The zero-order valence-electron chi connectivity index (χ0n) is 56.8. The minimum atomic E-state index is -0.167. The van der Waals surface area contributed by atoms with E-state index in [0.717, 1.165) is 37.0 Å². The number of hydrogen-bond donors (Lipinski definition) is 10. The fraction of sp³-hybridized carbons (Fsp3) is 0.557. The summed E-state index contributed by atoms with van der Waals surface area (Å²) in [7, 11) is 9.00. The van der Waals surface area contributed by atoms with Gasteiger partial charge in [-0.05, 0) is 110 Å². The Bertz CT molecular complexity index is 906. The maximum Gasteiger partial charge on any atom is 0.106 e. The van der Waals surface area contributed by atoms with E-state index in [0.29, 0.717) is 0 Å². The fourth-order valence-electron chi connectivity index (χ4n) is 2.14. The molecule has 0 aliphatic carbocycles. The van der Waals surface area contributed by atoms with Gasteiger partial charge in [-0.2, -0.15) is 0 Å². The molecule has 0 unspecified atom stereocenters. The van der Waals surface area contributed by atoms with Gasteiger partial charge >= 0.3 is 0 Å². The molecule has 80 heavy (non-hydrogen) atoms. The molecule has 0 bridgehead atoms. The van der Waals surface area contributed by atoms with Crippen molar-refractivity contribution < 1.29 is 48.3 Å². The highest BCUT2D eigenvalue weighted by Crippen LogP contribution is 1.99. The second kappa shape index (κ2) is 291. The van der Waals surface area contributed by atoms with Gasteiger partial charge < -0.3 is 101 Å². The molecule has 0 spiro atoms. The summed E-state index contributed by atoms with van der Waals surface area (Å²) in [6.07, 6.45) is 7.17. The first-order chi connectivity index (χ1) is 37.3. The van der Waals surface area contributed by atoms with E-state index < -0.39 is 0 Å². The average Bonchev–Trinajstić information content (AvgIpc) is 3.56. The molecular formula is C61H143N9O10. The third-order valence-corrected chi connectivity index (χ3v) is 6.20. The van der Waals surface area contributed by atoms with E-state index in [2.05, 4.69) is 190 Å². The molecule has 19 nitrogen and oxygen atoms in total. The van der Waals surface area contributed by atoms with Gasteiger partial charge in [-0.3, -0.25) is 0 Å². The highest BCUT2D eigenvalue weighted by Gasteiger charge is 1.83. The maximum atomic E-state index is 8.06. The molecule has 3 rings (SSSR count). The molecule has 0 radical (unpaired) electrons. The first-order valence-electron chi connectivity index (χ1n) is 25.2. The summed E-state index contributed by atoms with van der Waals surface area (Å²) in [5.74, 6) is 2.65. The first-order valence-corrected chi connectivity index (χ1v) is 25.2. The van der Waals surface area contributed by atoms with Crippen LogP contribution in [0.5, 0.6) is 0 Å². The molecular weight excluding hydrogens is 1020 g/mol. The fourth-order valence-corrected chi connectivity index (χ4v) is 2.14. The monoisotopic (exact) mass is 1160 g/mol. The van der Waals surface area contributed by atoms with Crippen molar-refractivity contribution in [1.82, 2.24) is 18.5 Å². The normalized spacial score (nSPS) is 6.04. The minimum absolute atomic E-state index is 0.